The van der Waals surface area contributed by atoms with Gasteiger partial charge in [0.25, 0.3) is 0 Å². The Morgan fingerprint density at radius 1 is 1.50 bits per heavy atom. The summed E-state index contributed by atoms with van der Waals surface area (Å²) < 4.78 is 0. The lowest BCUT2D eigenvalue weighted by Crippen LogP contribution is -2.40. The van der Waals surface area contributed by atoms with Gasteiger partial charge in [0, 0.05) is 13.0 Å². The molecule has 0 heterocycles. The smallest absolute Gasteiger partial charge is 0.320 e. The van der Waals surface area contributed by atoms with E-state index in [0.29, 0.717) is 0 Å². The predicted octanol–water partition coefficient (Wildman–Crippen LogP) is -1.32. The molecule has 0 aromatic rings. The van der Waals surface area contributed by atoms with Crippen molar-refractivity contribution < 1.29 is 19.8 Å². The Morgan fingerprint density at radius 3 is 2.43 bits per heavy atom. The number of amides is 1. The minimum absolute atomic E-state index is 0.0176. The van der Waals surface area contributed by atoms with Crippen molar-refractivity contribution in [3.8, 4) is 0 Å². The molecule has 0 saturated heterocycles. The fraction of sp³-hybridized carbons (Fsp3) is 0.750. The molecule has 1 amide bonds. The van der Waals surface area contributed by atoms with Crippen LogP contribution in [0, 0.1) is 0 Å². The Labute approximate surface area is 82.1 Å². The minimum Gasteiger partial charge on any atom is -0.480 e. The van der Waals surface area contributed by atoms with Gasteiger partial charge in [-0.2, -0.15) is 0 Å². The third-order valence-electron chi connectivity index (χ3n) is 1.64. The lowest BCUT2D eigenvalue weighted by atomic mass is 10.1. The number of aliphatic carboxylic acids is 1. The Kier molecular flexibility index (Phi) is 5.82. The van der Waals surface area contributed by atoms with Crippen molar-refractivity contribution in [2.45, 2.75) is 31.9 Å². The van der Waals surface area contributed by atoms with E-state index >= 15 is 0 Å². The molecule has 0 fully saturated rings. The van der Waals surface area contributed by atoms with E-state index in [2.05, 4.69) is 5.32 Å². The first-order valence-corrected chi connectivity index (χ1v) is 4.36. The molecule has 2 atom stereocenters. The Balaban J connectivity index is 3.90. The van der Waals surface area contributed by atoms with E-state index in [0.717, 1.165) is 0 Å². The first kappa shape index (κ1) is 12.9. The largest absolute Gasteiger partial charge is 0.480 e. The molecule has 0 aliphatic carbocycles. The van der Waals surface area contributed by atoms with Crippen LogP contribution in [-0.4, -0.2) is 40.8 Å². The molecule has 6 heteroatoms. The highest BCUT2D eigenvalue weighted by atomic mass is 16.4. The zero-order valence-corrected chi connectivity index (χ0v) is 8.06. The number of aliphatic hydroxyl groups is 1. The molecular weight excluding hydrogens is 188 g/mol. The molecule has 82 valence electrons. The molecule has 0 rings (SSSR count). The summed E-state index contributed by atoms with van der Waals surface area (Å²) in [6.45, 7) is 1.72. The SMILES string of the molecule is CC(O)CNC(CCC(N)=O)C(=O)O. The second-order valence-corrected chi connectivity index (χ2v) is 3.15. The average molecular weight is 204 g/mol. The van der Waals surface area contributed by atoms with Crippen molar-refractivity contribution >= 4 is 11.9 Å². The summed E-state index contributed by atoms with van der Waals surface area (Å²) in [5.74, 6) is -1.58. The number of primary amides is 1. The minimum atomic E-state index is -1.05. The maximum Gasteiger partial charge on any atom is 0.320 e. The number of rotatable bonds is 7. The first-order valence-electron chi connectivity index (χ1n) is 4.36. The average Bonchev–Trinajstić information content (AvgIpc) is 2.02. The summed E-state index contributed by atoms with van der Waals surface area (Å²) in [5.41, 5.74) is 4.89. The molecule has 14 heavy (non-hydrogen) atoms. The molecule has 0 aliphatic heterocycles. The Morgan fingerprint density at radius 2 is 2.07 bits per heavy atom. The van der Waals surface area contributed by atoms with Gasteiger partial charge in [0.15, 0.2) is 0 Å². The molecule has 0 aromatic heterocycles. The van der Waals surface area contributed by atoms with Crippen molar-refractivity contribution in [1.29, 1.82) is 0 Å². The van der Waals surface area contributed by atoms with E-state index in [4.69, 9.17) is 15.9 Å². The van der Waals surface area contributed by atoms with Crippen molar-refractivity contribution in [2.75, 3.05) is 6.54 Å². The molecule has 5 N–H and O–H groups in total. The van der Waals surface area contributed by atoms with E-state index in [9.17, 15) is 9.59 Å². The van der Waals surface area contributed by atoms with Gasteiger partial charge in [0.2, 0.25) is 5.91 Å². The highest BCUT2D eigenvalue weighted by Crippen LogP contribution is 1.97. The van der Waals surface area contributed by atoms with Crippen molar-refractivity contribution in [2.24, 2.45) is 5.73 Å². The fourth-order valence-corrected chi connectivity index (χ4v) is 0.912. The van der Waals surface area contributed by atoms with Crippen LogP contribution in [0.2, 0.25) is 0 Å². The van der Waals surface area contributed by atoms with Crippen LogP contribution in [-0.2, 0) is 9.59 Å². The van der Waals surface area contributed by atoms with E-state index in [1.54, 1.807) is 6.92 Å². The summed E-state index contributed by atoms with van der Waals surface area (Å²) in [7, 11) is 0. The first-order chi connectivity index (χ1) is 6.43. The van der Waals surface area contributed by atoms with Crippen LogP contribution in [0.3, 0.4) is 0 Å². The number of nitrogens with one attached hydrogen (secondary N) is 1. The summed E-state index contributed by atoms with van der Waals surface area (Å²) in [5, 5.41) is 20.2. The van der Waals surface area contributed by atoms with Crippen LogP contribution in [0.4, 0.5) is 0 Å². The summed E-state index contributed by atoms with van der Waals surface area (Å²) >= 11 is 0. The van der Waals surface area contributed by atoms with Gasteiger partial charge in [-0.05, 0) is 13.3 Å². The van der Waals surface area contributed by atoms with Crippen molar-refractivity contribution in [3.63, 3.8) is 0 Å². The fourth-order valence-electron chi connectivity index (χ4n) is 0.912. The van der Waals surface area contributed by atoms with Gasteiger partial charge in [-0.15, -0.1) is 0 Å². The Bertz CT molecular complexity index is 206. The number of aliphatic hydroxyl groups excluding tert-OH is 1. The van der Waals surface area contributed by atoms with Crippen LogP contribution in [0.5, 0.6) is 0 Å². The lowest BCUT2D eigenvalue weighted by Gasteiger charge is -2.14. The number of hydrogen-bond donors (Lipinski definition) is 4. The quantitative estimate of drug-likeness (QED) is 0.410. The second-order valence-electron chi connectivity index (χ2n) is 3.15. The topological polar surface area (TPSA) is 113 Å². The number of carboxylic acid groups (broad SMARTS) is 1. The molecule has 2 unspecified atom stereocenters. The number of carboxylic acids is 1. The van der Waals surface area contributed by atoms with Crippen LogP contribution < -0.4 is 11.1 Å². The summed E-state index contributed by atoms with van der Waals surface area (Å²) in [6, 6.07) is -0.836. The molecular formula is C8H16N2O4. The zero-order valence-electron chi connectivity index (χ0n) is 8.06. The summed E-state index contributed by atoms with van der Waals surface area (Å²) in [4.78, 5) is 21.0. The van der Waals surface area contributed by atoms with Crippen LogP contribution in [0.1, 0.15) is 19.8 Å². The van der Waals surface area contributed by atoms with Gasteiger partial charge in [-0.1, -0.05) is 0 Å². The predicted molar refractivity (Wildman–Crippen MR) is 49.5 cm³/mol. The maximum atomic E-state index is 10.6. The monoisotopic (exact) mass is 204 g/mol. The zero-order chi connectivity index (χ0) is 11.1. The van der Waals surface area contributed by atoms with Gasteiger partial charge in [0.1, 0.15) is 6.04 Å². The van der Waals surface area contributed by atoms with Gasteiger partial charge >= 0.3 is 5.97 Å². The standard InChI is InChI=1S/C8H16N2O4/c1-5(11)4-10-6(8(13)14)2-3-7(9)12/h5-6,10-11H,2-4H2,1H3,(H2,9,12)(H,13,14). The van der Waals surface area contributed by atoms with Gasteiger partial charge in [0.05, 0.1) is 6.10 Å². The third kappa shape index (κ3) is 6.38. The Hall–Kier alpha value is -1.14. The normalized spacial score (nSPS) is 14.7. The molecule has 0 saturated carbocycles. The van der Waals surface area contributed by atoms with E-state index in [1.165, 1.54) is 0 Å². The van der Waals surface area contributed by atoms with E-state index < -0.39 is 24.0 Å². The van der Waals surface area contributed by atoms with Crippen LogP contribution in [0.25, 0.3) is 0 Å². The number of nitrogens with two attached hydrogens (primary N) is 1. The molecule has 0 bridgehead atoms. The number of hydrogen-bond acceptors (Lipinski definition) is 4. The van der Waals surface area contributed by atoms with Crippen LogP contribution in [0.15, 0.2) is 0 Å². The molecule has 0 spiro atoms. The van der Waals surface area contributed by atoms with Gasteiger partial charge < -0.3 is 21.3 Å². The van der Waals surface area contributed by atoms with Gasteiger partial charge in [-0.3, -0.25) is 9.59 Å². The lowest BCUT2D eigenvalue weighted by molar-refractivity contribution is -0.139. The number of carbonyl (C=O) groups excluding carboxylic acids is 1. The molecule has 6 nitrogen and oxygen atoms in total. The van der Waals surface area contributed by atoms with Gasteiger partial charge in [-0.25, -0.2) is 0 Å². The highest BCUT2D eigenvalue weighted by molar-refractivity contribution is 5.77. The third-order valence-corrected chi connectivity index (χ3v) is 1.64. The van der Waals surface area contributed by atoms with Crippen LogP contribution >= 0.6 is 0 Å². The van der Waals surface area contributed by atoms with Crippen molar-refractivity contribution in [1.82, 2.24) is 5.32 Å². The van der Waals surface area contributed by atoms with Crippen molar-refractivity contribution in [3.05, 3.63) is 0 Å². The molecule has 0 radical (unpaired) electrons. The molecule has 0 aromatic carbocycles. The van der Waals surface area contributed by atoms with E-state index in [1.807, 2.05) is 0 Å². The second kappa shape index (κ2) is 6.33. The maximum absolute atomic E-state index is 10.6. The van der Waals surface area contributed by atoms with E-state index in [-0.39, 0.29) is 19.4 Å². The molecule has 0 aliphatic rings. The number of carbonyl (C=O) groups is 2. The summed E-state index contributed by atoms with van der Waals surface area (Å²) in [6.07, 6.45) is -0.466. The highest BCUT2D eigenvalue weighted by Gasteiger charge is 2.17.